The molecule has 2 N–H and O–H groups in total. The van der Waals surface area contributed by atoms with E-state index in [0.717, 1.165) is 37.6 Å². The summed E-state index contributed by atoms with van der Waals surface area (Å²) in [6.07, 6.45) is 3.46. The van der Waals surface area contributed by atoms with E-state index in [-0.39, 0.29) is 0 Å². The first kappa shape index (κ1) is 19.8. The lowest BCUT2D eigenvalue weighted by molar-refractivity contribution is 0.485. The molecule has 4 heterocycles. The minimum absolute atomic E-state index is 0.533. The maximum absolute atomic E-state index is 6.48. The SMILES string of the molecule is Cc1ccc(C)c(CSc2nnc(-c3sc4ncccc4c3N)n2Cc2ccco2)c1. The molecule has 6 nitrogen and oxygen atoms in total. The molecule has 0 fully saturated rings. The van der Waals surface area contributed by atoms with Crippen molar-refractivity contribution in [1.82, 2.24) is 19.7 Å². The Morgan fingerprint density at radius 2 is 2.03 bits per heavy atom. The van der Waals surface area contributed by atoms with Gasteiger partial charge < -0.3 is 10.2 Å². The minimum Gasteiger partial charge on any atom is -0.467 e. The maximum Gasteiger partial charge on any atom is 0.192 e. The molecule has 1 aromatic carbocycles. The molecule has 0 aliphatic heterocycles. The predicted molar refractivity (Wildman–Crippen MR) is 126 cm³/mol. The molecule has 8 heteroatoms. The normalized spacial score (nSPS) is 11.4. The number of anilines is 1. The molecule has 0 radical (unpaired) electrons. The molecule has 31 heavy (non-hydrogen) atoms. The highest BCUT2D eigenvalue weighted by Gasteiger charge is 2.21. The first-order valence-electron chi connectivity index (χ1n) is 9.88. The zero-order valence-corrected chi connectivity index (χ0v) is 18.8. The van der Waals surface area contributed by atoms with Crippen LogP contribution in [0.2, 0.25) is 0 Å². The largest absolute Gasteiger partial charge is 0.467 e. The highest BCUT2D eigenvalue weighted by Crippen LogP contribution is 2.40. The quantitative estimate of drug-likeness (QED) is 0.337. The fraction of sp³-hybridized carbons (Fsp3) is 0.174. The van der Waals surface area contributed by atoms with Crippen molar-refractivity contribution in [1.29, 1.82) is 0 Å². The molecule has 0 unspecified atom stereocenters. The Morgan fingerprint density at radius 3 is 2.84 bits per heavy atom. The maximum atomic E-state index is 6.48. The van der Waals surface area contributed by atoms with Gasteiger partial charge in [-0.1, -0.05) is 35.5 Å². The third-order valence-electron chi connectivity index (χ3n) is 5.18. The van der Waals surface area contributed by atoms with E-state index in [1.165, 1.54) is 28.0 Å². The third-order valence-corrected chi connectivity index (χ3v) is 7.32. The predicted octanol–water partition coefficient (Wildman–Crippen LogP) is 5.69. The van der Waals surface area contributed by atoms with E-state index in [1.807, 2.05) is 24.3 Å². The Hall–Kier alpha value is -3.10. The third kappa shape index (κ3) is 3.84. The lowest BCUT2D eigenvalue weighted by atomic mass is 10.1. The zero-order chi connectivity index (χ0) is 21.4. The van der Waals surface area contributed by atoms with Gasteiger partial charge in [0.1, 0.15) is 10.6 Å². The smallest absolute Gasteiger partial charge is 0.192 e. The lowest BCUT2D eigenvalue weighted by Crippen LogP contribution is -2.04. The number of nitrogen functional groups attached to an aromatic ring is 1. The lowest BCUT2D eigenvalue weighted by Gasteiger charge is -2.10. The summed E-state index contributed by atoms with van der Waals surface area (Å²) in [6, 6.07) is 14.3. The monoisotopic (exact) mass is 447 g/mol. The average molecular weight is 448 g/mol. The molecular weight excluding hydrogens is 426 g/mol. The fourth-order valence-electron chi connectivity index (χ4n) is 3.48. The molecule has 156 valence electrons. The number of benzene rings is 1. The van der Waals surface area contributed by atoms with Crippen LogP contribution in [0.1, 0.15) is 22.5 Å². The molecule has 0 saturated carbocycles. The Balaban J connectivity index is 1.55. The zero-order valence-electron chi connectivity index (χ0n) is 17.2. The molecule has 0 amide bonds. The Bertz CT molecular complexity index is 1350. The Kier molecular flexibility index (Phi) is 5.25. The molecular formula is C23H21N5OS2. The van der Waals surface area contributed by atoms with Crippen molar-refractivity contribution in [3.63, 3.8) is 0 Å². The van der Waals surface area contributed by atoms with E-state index in [0.29, 0.717) is 12.2 Å². The summed E-state index contributed by atoms with van der Waals surface area (Å²) in [7, 11) is 0. The van der Waals surface area contributed by atoms with Crippen molar-refractivity contribution in [3.05, 3.63) is 77.4 Å². The van der Waals surface area contributed by atoms with E-state index in [1.54, 1.807) is 24.2 Å². The molecule has 5 rings (SSSR count). The van der Waals surface area contributed by atoms with Crippen LogP contribution >= 0.6 is 23.1 Å². The molecule has 4 aromatic heterocycles. The molecule has 0 aliphatic carbocycles. The number of thioether (sulfide) groups is 1. The fourth-order valence-corrected chi connectivity index (χ4v) is 5.54. The van der Waals surface area contributed by atoms with Crippen molar-refractivity contribution in [2.24, 2.45) is 0 Å². The highest BCUT2D eigenvalue weighted by molar-refractivity contribution is 7.98. The topological polar surface area (TPSA) is 82.8 Å². The molecule has 5 aromatic rings. The summed E-state index contributed by atoms with van der Waals surface area (Å²) >= 11 is 3.21. The van der Waals surface area contributed by atoms with Gasteiger partial charge in [0.15, 0.2) is 11.0 Å². The number of furan rings is 1. The van der Waals surface area contributed by atoms with Crippen LogP contribution in [0.4, 0.5) is 5.69 Å². The van der Waals surface area contributed by atoms with Crippen molar-refractivity contribution >= 4 is 39.0 Å². The number of pyridine rings is 1. The van der Waals surface area contributed by atoms with Crippen LogP contribution in [-0.4, -0.2) is 19.7 Å². The summed E-state index contributed by atoms with van der Waals surface area (Å²) < 4.78 is 7.69. The molecule has 0 saturated heterocycles. The number of nitrogens with zero attached hydrogens (tertiary/aromatic N) is 4. The number of thiophene rings is 1. The summed E-state index contributed by atoms with van der Waals surface area (Å²) in [4.78, 5) is 6.23. The number of hydrogen-bond donors (Lipinski definition) is 1. The second-order valence-electron chi connectivity index (χ2n) is 7.39. The van der Waals surface area contributed by atoms with Crippen LogP contribution < -0.4 is 5.73 Å². The van der Waals surface area contributed by atoms with E-state index >= 15 is 0 Å². The van der Waals surface area contributed by atoms with Crippen LogP contribution in [0.15, 0.2) is 64.5 Å². The number of nitrogens with two attached hydrogens (primary N) is 1. The minimum atomic E-state index is 0.533. The van der Waals surface area contributed by atoms with E-state index in [2.05, 4.69) is 51.8 Å². The second-order valence-corrected chi connectivity index (χ2v) is 9.33. The first-order valence-corrected chi connectivity index (χ1v) is 11.7. The van der Waals surface area contributed by atoms with Gasteiger partial charge in [-0.25, -0.2) is 4.98 Å². The van der Waals surface area contributed by atoms with Gasteiger partial charge in [0.25, 0.3) is 0 Å². The standard InChI is InChI=1S/C23H21N5OS2/c1-14-7-8-15(2)16(11-14)13-30-23-27-26-21(28(23)12-17-5-4-10-29-17)20-19(24)18-6-3-9-25-22(18)31-20/h3-11H,12-13,24H2,1-2H3. The second kappa shape index (κ2) is 8.20. The number of hydrogen-bond acceptors (Lipinski definition) is 7. The summed E-state index contributed by atoms with van der Waals surface area (Å²) in [5.74, 6) is 2.39. The van der Waals surface area contributed by atoms with Crippen molar-refractivity contribution in [3.8, 4) is 10.7 Å². The van der Waals surface area contributed by atoms with Gasteiger partial charge in [-0.15, -0.1) is 21.5 Å². The van der Waals surface area contributed by atoms with Crippen LogP contribution in [0.25, 0.3) is 20.9 Å². The Labute approximate surface area is 188 Å². The van der Waals surface area contributed by atoms with Crippen molar-refractivity contribution in [2.45, 2.75) is 31.3 Å². The van der Waals surface area contributed by atoms with Gasteiger partial charge in [0.05, 0.1) is 23.4 Å². The van der Waals surface area contributed by atoms with Crippen LogP contribution in [0, 0.1) is 13.8 Å². The van der Waals surface area contributed by atoms with E-state index in [4.69, 9.17) is 10.2 Å². The van der Waals surface area contributed by atoms with E-state index in [9.17, 15) is 0 Å². The number of aryl methyl sites for hydroxylation is 2. The molecule has 0 spiro atoms. The number of rotatable bonds is 6. The van der Waals surface area contributed by atoms with Crippen LogP contribution in [0.5, 0.6) is 0 Å². The number of aromatic nitrogens is 4. The Morgan fingerprint density at radius 1 is 1.13 bits per heavy atom. The van der Waals surface area contributed by atoms with Crippen molar-refractivity contribution in [2.75, 3.05) is 5.73 Å². The molecule has 0 bridgehead atoms. The summed E-state index contributed by atoms with van der Waals surface area (Å²) in [5, 5.41) is 10.8. The van der Waals surface area contributed by atoms with Gasteiger partial charge >= 0.3 is 0 Å². The first-order chi connectivity index (χ1) is 15.1. The summed E-state index contributed by atoms with van der Waals surface area (Å²) in [5.41, 5.74) is 11.0. The van der Waals surface area contributed by atoms with Gasteiger partial charge in [-0.2, -0.15) is 0 Å². The van der Waals surface area contributed by atoms with Crippen molar-refractivity contribution < 1.29 is 4.42 Å². The van der Waals surface area contributed by atoms with Crippen LogP contribution in [0.3, 0.4) is 0 Å². The van der Waals surface area contributed by atoms with Gasteiger partial charge in [0, 0.05) is 17.3 Å². The highest BCUT2D eigenvalue weighted by atomic mass is 32.2. The average Bonchev–Trinajstić information content (AvgIpc) is 3.50. The van der Waals surface area contributed by atoms with Gasteiger partial charge in [-0.05, 0) is 49.2 Å². The molecule has 0 aliphatic rings. The summed E-state index contributed by atoms with van der Waals surface area (Å²) in [6.45, 7) is 4.79. The van der Waals surface area contributed by atoms with Crippen LogP contribution in [-0.2, 0) is 12.3 Å². The number of fused-ring (bicyclic) bond motifs is 1. The van der Waals surface area contributed by atoms with Gasteiger partial charge in [-0.3, -0.25) is 4.57 Å². The van der Waals surface area contributed by atoms with E-state index < -0.39 is 0 Å². The van der Waals surface area contributed by atoms with Gasteiger partial charge in [0.2, 0.25) is 0 Å². The molecule has 0 atom stereocenters.